The van der Waals surface area contributed by atoms with Gasteiger partial charge in [0.25, 0.3) is 11.8 Å². The van der Waals surface area contributed by atoms with Crippen molar-refractivity contribution in [1.29, 1.82) is 0 Å². The molecule has 10 nitrogen and oxygen atoms in total. The SMILES string of the molecule is CCS(=O)(=O)Nc1cc2oc(-c3ccc(F)cc3)c(C(=O)NC)c2cc1-c1ccc2c(n1)C(=O)N(Cc1ccccc1)CO2. The first kappa shape index (κ1) is 28.9. The zero-order valence-electron chi connectivity index (χ0n) is 23.8. The highest BCUT2D eigenvalue weighted by Crippen LogP contribution is 2.40. The lowest BCUT2D eigenvalue weighted by atomic mass is 10.0. The standard InChI is InChI=1S/C32H27FN4O6S/c1-3-44(40,41)36-25-16-27-23(28(31(38)34-2)30(43-27)20-9-11-21(33)12-10-20)15-22(25)24-13-14-26-29(35-24)32(39)37(18-42-26)17-19-7-5-4-6-8-19/h4-16,36H,3,17-18H2,1-2H3,(H,34,38). The molecular formula is C32H27FN4O6S. The number of nitrogens with zero attached hydrogens (tertiary/aromatic N) is 2. The summed E-state index contributed by atoms with van der Waals surface area (Å²) in [6, 6.07) is 21.2. The summed E-state index contributed by atoms with van der Waals surface area (Å²) in [7, 11) is -2.29. The number of rotatable bonds is 8. The maximum Gasteiger partial charge on any atom is 0.279 e. The smallest absolute Gasteiger partial charge is 0.279 e. The second-order valence-electron chi connectivity index (χ2n) is 10.1. The van der Waals surface area contributed by atoms with Crippen LogP contribution >= 0.6 is 0 Å². The fourth-order valence-electron chi connectivity index (χ4n) is 4.98. The minimum absolute atomic E-state index is 0.0476. The van der Waals surface area contributed by atoms with Crippen molar-refractivity contribution in [2.75, 3.05) is 24.3 Å². The molecule has 3 aromatic carbocycles. The molecule has 6 rings (SSSR count). The van der Waals surface area contributed by atoms with Crippen LogP contribution < -0.4 is 14.8 Å². The topological polar surface area (TPSA) is 131 Å². The second-order valence-corrected chi connectivity index (χ2v) is 12.1. The van der Waals surface area contributed by atoms with Crippen molar-refractivity contribution in [3.63, 3.8) is 0 Å². The summed E-state index contributed by atoms with van der Waals surface area (Å²) in [6.07, 6.45) is 0. The predicted molar refractivity (Wildman–Crippen MR) is 163 cm³/mol. The van der Waals surface area contributed by atoms with Gasteiger partial charge in [-0.05, 0) is 55.0 Å². The number of hydrogen-bond donors (Lipinski definition) is 2. The van der Waals surface area contributed by atoms with Crippen LogP contribution in [-0.2, 0) is 16.6 Å². The van der Waals surface area contributed by atoms with E-state index in [-0.39, 0.29) is 52.4 Å². The summed E-state index contributed by atoms with van der Waals surface area (Å²) in [4.78, 5) is 32.8. The van der Waals surface area contributed by atoms with Gasteiger partial charge in [-0.3, -0.25) is 19.2 Å². The van der Waals surface area contributed by atoms with Gasteiger partial charge >= 0.3 is 0 Å². The van der Waals surface area contributed by atoms with Crippen molar-refractivity contribution >= 4 is 38.5 Å². The Morgan fingerprint density at radius 2 is 1.80 bits per heavy atom. The quantitative estimate of drug-likeness (QED) is 0.239. The number of furan rings is 1. The van der Waals surface area contributed by atoms with E-state index in [0.29, 0.717) is 28.8 Å². The van der Waals surface area contributed by atoms with Gasteiger partial charge in [-0.25, -0.2) is 17.8 Å². The summed E-state index contributed by atoms with van der Waals surface area (Å²) in [5.41, 5.74) is 2.54. The Bertz CT molecular complexity index is 2010. The molecule has 0 radical (unpaired) electrons. The largest absolute Gasteiger partial charge is 0.471 e. The molecule has 0 spiro atoms. The Morgan fingerprint density at radius 3 is 2.50 bits per heavy atom. The number of anilines is 1. The van der Waals surface area contributed by atoms with E-state index < -0.39 is 21.7 Å². The third-order valence-electron chi connectivity index (χ3n) is 7.25. The Hall–Kier alpha value is -5.23. The van der Waals surface area contributed by atoms with Gasteiger partial charge in [0.2, 0.25) is 10.0 Å². The molecule has 12 heteroatoms. The van der Waals surface area contributed by atoms with Crippen LogP contribution in [0.4, 0.5) is 10.1 Å². The Kier molecular flexibility index (Phi) is 7.52. The third-order valence-corrected chi connectivity index (χ3v) is 8.54. The van der Waals surface area contributed by atoms with Gasteiger partial charge in [0, 0.05) is 36.2 Å². The van der Waals surface area contributed by atoms with Gasteiger partial charge in [-0.2, -0.15) is 0 Å². The molecule has 2 N–H and O–H groups in total. The Balaban J connectivity index is 1.51. The number of amides is 2. The molecule has 0 fully saturated rings. The number of carbonyl (C=O) groups is 2. The first-order chi connectivity index (χ1) is 21.2. The Labute approximate surface area is 252 Å². The number of aromatic nitrogens is 1. The lowest BCUT2D eigenvalue weighted by Crippen LogP contribution is -2.38. The number of carbonyl (C=O) groups excluding carboxylic acids is 2. The summed E-state index contributed by atoms with van der Waals surface area (Å²) in [6.45, 7) is 1.86. The number of fused-ring (bicyclic) bond motifs is 2. The number of sulfonamides is 1. The number of benzene rings is 3. The fraction of sp³-hybridized carbons (Fsp3) is 0.156. The van der Waals surface area contributed by atoms with Crippen LogP contribution in [0.3, 0.4) is 0 Å². The lowest BCUT2D eigenvalue weighted by Gasteiger charge is -2.28. The van der Waals surface area contributed by atoms with Crippen molar-refractivity contribution in [1.82, 2.24) is 15.2 Å². The van der Waals surface area contributed by atoms with Gasteiger partial charge in [0.1, 0.15) is 17.2 Å². The molecule has 1 aliphatic heterocycles. The monoisotopic (exact) mass is 614 g/mol. The van der Waals surface area contributed by atoms with Crippen LogP contribution in [0, 0.1) is 5.82 Å². The van der Waals surface area contributed by atoms with Crippen LogP contribution in [0.25, 0.3) is 33.6 Å². The first-order valence-corrected chi connectivity index (χ1v) is 15.4. The predicted octanol–water partition coefficient (Wildman–Crippen LogP) is 5.41. The highest BCUT2D eigenvalue weighted by atomic mass is 32.2. The van der Waals surface area contributed by atoms with Crippen LogP contribution in [0.5, 0.6) is 5.75 Å². The van der Waals surface area contributed by atoms with Crippen molar-refractivity contribution in [3.8, 4) is 28.3 Å². The number of pyridine rings is 1. The highest BCUT2D eigenvalue weighted by Gasteiger charge is 2.29. The van der Waals surface area contributed by atoms with E-state index in [2.05, 4.69) is 15.0 Å². The Morgan fingerprint density at radius 1 is 1.05 bits per heavy atom. The molecule has 224 valence electrons. The molecule has 0 atom stereocenters. The number of ether oxygens (including phenoxy) is 1. The molecule has 2 amide bonds. The number of hydrogen-bond acceptors (Lipinski definition) is 7. The molecule has 0 bridgehead atoms. The molecule has 5 aromatic rings. The van der Waals surface area contributed by atoms with Crippen molar-refractivity contribution in [2.24, 2.45) is 0 Å². The molecule has 0 saturated carbocycles. The zero-order valence-corrected chi connectivity index (χ0v) is 24.6. The van der Waals surface area contributed by atoms with E-state index in [1.807, 2.05) is 30.3 Å². The molecule has 44 heavy (non-hydrogen) atoms. The first-order valence-electron chi connectivity index (χ1n) is 13.7. The summed E-state index contributed by atoms with van der Waals surface area (Å²) in [5, 5.41) is 2.97. The maximum atomic E-state index is 13.7. The third kappa shape index (κ3) is 5.47. The van der Waals surface area contributed by atoms with E-state index in [0.717, 1.165) is 5.56 Å². The zero-order chi connectivity index (χ0) is 31.0. The average molecular weight is 615 g/mol. The van der Waals surface area contributed by atoms with Crippen LogP contribution in [-0.4, -0.2) is 49.6 Å². The van der Waals surface area contributed by atoms with Crippen molar-refractivity contribution in [3.05, 3.63) is 102 Å². The fourth-order valence-corrected chi connectivity index (χ4v) is 5.63. The van der Waals surface area contributed by atoms with Crippen LogP contribution in [0.15, 0.2) is 83.3 Å². The minimum atomic E-state index is -3.76. The normalized spacial score (nSPS) is 13.0. The van der Waals surface area contributed by atoms with Crippen molar-refractivity contribution < 1.29 is 31.6 Å². The molecule has 3 heterocycles. The van der Waals surface area contributed by atoms with Crippen LogP contribution in [0.1, 0.15) is 33.3 Å². The van der Waals surface area contributed by atoms with Gasteiger partial charge in [0.15, 0.2) is 18.2 Å². The van der Waals surface area contributed by atoms with Crippen molar-refractivity contribution in [2.45, 2.75) is 13.5 Å². The highest BCUT2D eigenvalue weighted by molar-refractivity contribution is 7.92. The van der Waals surface area contributed by atoms with E-state index in [1.165, 1.54) is 49.2 Å². The van der Waals surface area contributed by atoms with E-state index >= 15 is 0 Å². The van der Waals surface area contributed by atoms with Gasteiger partial charge in [-0.1, -0.05) is 30.3 Å². The molecule has 0 unspecified atom stereocenters. The lowest BCUT2D eigenvalue weighted by molar-refractivity contribution is 0.0488. The number of halogens is 1. The van der Waals surface area contributed by atoms with E-state index in [9.17, 15) is 22.4 Å². The van der Waals surface area contributed by atoms with Gasteiger partial charge < -0.3 is 14.5 Å². The van der Waals surface area contributed by atoms with E-state index in [1.54, 1.807) is 18.2 Å². The van der Waals surface area contributed by atoms with Crippen LogP contribution in [0.2, 0.25) is 0 Å². The maximum absolute atomic E-state index is 13.7. The van der Waals surface area contributed by atoms with E-state index in [4.69, 9.17) is 9.15 Å². The molecule has 1 aliphatic rings. The summed E-state index contributed by atoms with van der Waals surface area (Å²) < 4.78 is 53.6. The molecule has 0 saturated heterocycles. The summed E-state index contributed by atoms with van der Waals surface area (Å²) in [5.74, 6) is -0.988. The molecule has 2 aromatic heterocycles. The second kappa shape index (κ2) is 11.5. The minimum Gasteiger partial charge on any atom is -0.471 e. The molecular weight excluding hydrogens is 587 g/mol. The summed E-state index contributed by atoms with van der Waals surface area (Å²) >= 11 is 0. The van der Waals surface area contributed by atoms with Gasteiger partial charge in [-0.15, -0.1) is 0 Å². The number of nitrogens with one attached hydrogen (secondary N) is 2. The average Bonchev–Trinajstić information content (AvgIpc) is 3.40. The molecule has 0 aliphatic carbocycles. The van der Waals surface area contributed by atoms with Gasteiger partial charge in [0.05, 0.1) is 22.7 Å².